The average molecular weight is 282 g/mol. The molecule has 0 aliphatic carbocycles. The molecule has 2 aliphatic rings. The van der Waals surface area contributed by atoms with E-state index in [9.17, 15) is 0 Å². The van der Waals surface area contributed by atoms with Crippen LogP contribution in [0, 0.1) is 5.92 Å². The van der Waals surface area contributed by atoms with Gasteiger partial charge in [0.1, 0.15) is 0 Å². The minimum atomic E-state index is 0.151. The third-order valence-corrected chi connectivity index (χ3v) is 5.48. The van der Waals surface area contributed by atoms with Crippen LogP contribution in [0.25, 0.3) is 0 Å². The van der Waals surface area contributed by atoms with Crippen molar-refractivity contribution in [1.82, 2.24) is 10.2 Å². The predicted octanol–water partition coefficient (Wildman–Crippen LogP) is 3.04. The molecular weight excluding hydrogens is 248 g/mol. The van der Waals surface area contributed by atoms with Crippen molar-refractivity contribution in [3.8, 4) is 0 Å². The van der Waals surface area contributed by atoms with Crippen LogP contribution in [0.1, 0.15) is 59.8 Å². The van der Waals surface area contributed by atoms with Crippen molar-refractivity contribution in [2.75, 3.05) is 26.2 Å². The van der Waals surface area contributed by atoms with E-state index in [-0.39, 0.29) is 5.60 Å². The van der Waals surface area contributed by atoms with Crippen LogP contribution in [0.5, 0.6) is 0 Å². The Balaban J connectivity index is 2.00. The smallest absolute Gasteiger partial charge is 0.0692 e. The third-order valence-electron chi connectivity index (χ3n) is 5.48. The van der Waals surface area contributed by atoms with E-state index in [0.29, 0.717) is 6.04 Å². The number of hydrogen-bond donors (Lipinski definition) is 1. The minimum absolute atomic E-state index is 0.151. The van der Waals surface area contributed by atoms with E-state index in [2.05, 4.69) is 37.9 Å². The Labute approximate surface area is 125 Å². The van der Waals surface area contributed by atoms with Gasteiger partial charge in [0.05, 0.1) is 5.60 Å². The molecule has 3 unspecified atom stereocenters. The fraction of sp³-hybridized carbons (Fsp3) is 1.00. The van der Waals surface area contributed by atoms with E-state index in [1.807, 2.05) is 0 Å². The van der Waals surface area contributed by atoms with Gasteiger partial charge in [0.2, 0.25) is 0 Å². The maximum atomic E-state index is 6.15. The third kappa shape index (κ3) is 3.96. The van der Waals surface area contributed by atoms with E-state index in [4.69, 9.17) is 4.74 Å². The Kier molecular flexibility index (Phi) is 5.88. The van der Waals surface area contributed by atoms with Crippen molar-refractivity contribution in [2.24, 2.45) is 5.92 Å². The van der Waals surface area contributed by atoms with Gasteiger partial charge in [0.15, 0.2) is 0 Å². The fourth-order valence-electron chi connectivity index (χ4n) is 3.81. The molecule has 2 saturated heterocycles. The van der Waals surface area contributed by atoms with Gasteiger partial charge in [-0.1, -0.05) is 20.8 Å². The van der Waals surface area contributed by atoms with Gasteiger partial charge < -0.3 is 10.1 Å². The largest absolute Gasteiger partial charge is 0.375 e. The summed E-state index contributed by atoms with van der Waals surface area (Å²) >= 11 is 0. The lowest BCUT2D eigenvalue weighted by molar-refractivity contribution is -0.112. The fourth-order valence-corrected chi connectivity index (χ4v) is 3.81. The predicted molar refractivity (Wildman–Crippen MR) is 85.1 cm³/mol. The summed E-state index contributed by atoms with van der Waals surface area (Å²) in [6.07, 6.45) is 6.03. The molecule has 1 N–H and O–H groups in total. The zero-order valence-electron chi connectivity index (χ0n) is 14.0. The standard InChI is InChI=1S/C17H34N2O/c1-5-17(6-2)11-16(8-10-20-17)19-9-7-15(4)18-12-14(3)13-19/h14-16,18H,5-13H2,1-4H3. The molecule has 2 heterocycles. The molecule has 0 radical (unpaired) electrons. The van der Waals surface area contributed by atoms with E-state index in [1.54, 1.807) is 0 Å². The molecule has 0 saturated carbocycles. The molecule has 0 aromatic heterocycles. The van der Waals surface area contributed by atoms with Gasteiger partial charge in [0, 0.05) is 25.2 Å². The number of ether oxygens (including phenoxy) is 1. The van der Waals surface area contributed by atoms with Gasteiger partial charge in [-0.05, 0) is 58.0 Å². The topological polar surface area (TPSA) is 24.5 Å². The molecule has 0 aromatic rings. The summed E-state index contributed by atoms with van der Waals surface area (Å²) in [4.78, 5) is 2.77. The highest BCUT2D eigenvalue weighted by Gasteiger charge is 2.37. The van der Waals surface area contributed by atoms with Crippen LogP contribution < -0.4 is 5.32 Å². The van der Waals surface area contributed by atoms with E-state index < -0.39 is 0 Å². The van der Waals surface area contributed by atoms with Crippen molar-refractivity contribution in [3.05, 3.63) is 0 Å². The number of hydrogen-bond acceptors (Lipinski definition) is 3. The van der Waals surface area contributed by atoms with E-state index >= 15 is 0 Å². The summed E-state index contributed by atoms with van der Waals surface area (Å²) < 4.78 is 6.15. The highest BCUT2D eigenvalue weighted by Crippen LogP contribution is 2.34. The van der Waals surface area contributed by atoms with Crippen molar-refractivity contribution >= 4 is 0 Å². The first-order chi connectivity index (χ1) is 9.58. The zero-order valence-corrected chi connectivity index (χ0v) is 14.0. The molecule has 0 amide bonds. The van der Waals surface area contributed by atoms with Crippen LogP contribution in [-0.2, 0) is 4.74 Å². The highest BCUT2D eigenvalue weighted by atomic mass is 16.5. The number of rotatable bonds is 3. The first-order valence-electron chi connectivity index (χ1n) is 8.70. The van der Waals surface area contributed by atoms with Crippen LogP contribution >= 0.6 is 0 Å². The molecule has 118 valence electrons. The van der Waals surface area contributed by atoms with Gasteiger partial charge in [-0.15, -0.1) is 0 Å². The maximum absolute atomic E-state index is 6.15. The van der Waals surface area contributed by atoms with Crippen LogP contribution in [0.2, 0.25) is 0 Å². The average Bonchev–Trinajstić information content (AvgIpc) is 2.47. The monoisotopic (exact) mass is 282 g/mol. The molecule has 2 aliphatic heterocycles. The number of nitrogens with one attached hydrogen (secondary N) is 1. The Bertz CT molecular complexity index is 291. The van der Waals surface area contributed by atoms with Gasteiger partial charge in [0.25, 0.3) is 0 Å². The molecule has 3 heteroatoms. The van der Waals surface area contributed by atoms with Crippen molar-refractivity contribution in [1.29, 1.82) is 0 Å². The van der Waals surface area contributed by atoms with Crippen LogP contribution in [0.3, 0.4) is 0 Å². The molecule has 2 fully saturated rings. The normalized spacial score (nSPS) is 36.3. The Morgan fingerprint density at radius 3 is 2.65 bits per heavy atom. The van der Waals surface area contributed by atoms with Crippen LogP contribution in [-0.4, -0.2) is 48.8 Å². The summed E-state index contributed by atoms with van der Waals surface area (Å²) in [5.74, 6) is 0.748. The molecular formula is C17H34N2O. The van der Waals surface area contributed by atoms with Crippen molar-refractivity contribution in [2.45, 2.75) is 77.5 Å². The van der Waals surface area contributed by atoms with Crippen molar-refractivity contribution in [3.63, 3.8) is 0 Å². The first-order valence-corrected chi connectivity index (χ1v) is 8.70. The van der Waals surface area contributed by atoms with Crippen LogP contribution in [0.15, 0.2) is 0 Å². The summed E-state index contributed by atoms with van der Waals surface area (Å²) in [5, 5.41) is 3.64. The van der Waals surface area contributed by atoms with Gasteiger partial charge in [-0.2, -0.15) is 0 Å². The van der Waals surface area contributed by atoms with E-state index in [1.165, 1.54) is 32.4 Å². The molecule has 3 atom stereocenters. The quantitative estimate of drug-likeness (QED) is 0.861. The van der Waals surface area contributed by atoms with Crippen LogP contribution in [0.4, 0.5) is 0 Å². The lowest BCUT2D eigenvalue weighted by Crippen LogP contribution is -2.52. The summed E-state index contributed by atoms with van der Waals surface area (Å²) in [6, 6.07) is 1.39. The summed E-state index contributed by atoms with van der Waals surface area (Å²) in [6.45, 7) is 13.9. The lowest BCUT2D eigenvalue weighted by atomic mass is 9.84. The second kappa shape index (κ2) is 7.24. The number of nitrogens with zero attached hydrogens (tertiary/aromatic N) is 1. The van der Waals surface area contributed by atoms with Gasteiger partial charge in [-0.3, -0.25) is 4.90 Å². The highest BCUT2D eigenvalue weighted by molar-refractivity contribution is 4.90. The lowest BCUT2D eigenvalue weighted by Gasteiger charge is -2.45. The maximum Gasteiger partial charge on any atom is 0.0692 e. The minimum Gasteiger partial charge on any atom is -0.375 e. The summed E-state index contributed by atoms with van der Waals surface area (Å²) in [5.41, 5.74) is 0.151. The second-order valence-electron chi connectivity index (χ2n) is 7.08. The molecule has 0 aromatic carbocycles. The zero-order chi connectivity index (χ0) is 14.6. The Morgan fingerprint density at radius 1 is 1.20 bits per heavy atom. The SMILES string of the molecule is CCC1(CC)CC(N2CCC(C)NCC(C)C2)CCO1. The van der Waals surface area contributed by atoms with Crippen molar-refractivity contribution < 1.29 is 4.74 Å². The summed E-state index contributed by atoms with van der Waals surface area (Å²) in [7, 11) is 0. The van der Waals surface area contributed by atoms with E-state index in [0.717, 1.165) is 38.0 Å². The molecule has 3 nitrogen and oxygen atoms in total. The van der Waals surface area contributed by atoms with Gasteiger partial charge in [-0.25, -0.2) is 0 Å². The van der Waals surface area contributed by atoms with Gasteiger partial charge >= 0.3 is 0 Å². The Morgan fingerprint density at radius 2 is 1.95 bits per heavy atom. The molecule has 0 bridgehead atoms. The Hall–Kier alpha value is -0.120. The molecule has 20 heavy (non-hydrogen) atoms. The molecule has 0 spiro atoms. The molecule has 2 rings (SSSR count). The first kappa shape index (κ1) is 16.3. The second-order valence-corrected chi connectivity index (χ2v) is 7.08.